The van der Waals surface area contributed by atoms with Gasteiger partial charge in [-0.05, 0) is 32.4 Å². The van der Waals surface area contributed by atoms with Crippen molar-refractivity contribution in [2.75, 3.05) is 27.2 Å². The molecule has 25 heavy (non-hydrogen) atoms. The van der Waals surface area contributed by atoms with Gasteiger partial charge in [-0.15, -0.1) is 0 Å². The largest absolute Gasteiger partial charge is 0.342 e. The first-order valence-corrected chi connectivity index (χ1v) is 9.58. The molecule has 0 aliphatic rings. The molecule has 0 bridgehead atoms. The van der Waals surface area contributed by atoms with E-state index in [1.165, 1.54) is 42.5 Å². The van der Waals surface area contributed by atoms with Crippen LogP contribution in [0.5, 0.6) is 0 Å². The normalized spacial score (nSPS) is 12.9. The number of nitrogens with zero attached hydrogens (tertiary/aromatic N) is 2. The zero-order valence-corrected chi connectivity index (χ0v) is 16.0. The van der Waals surface area contributed by atoms with Crippen molar-refractivity contribution in [3.8, 4) is 0 Å². The third kappa shape index (κ3) is 5.62. The fourth-order valence-electron chi connectivity index (χ4n) is 2.19. The minimum absolute atomic E-state index is 0.0475. The summed E-state index contributed by atoms with van der Waals surface area (Å²) < 4.78 is 26.2. The molecule has 7 nitrogen and oxygen atoms in total. The first-order valence-electron chi connectivity index (χ1n) is 8.14. The molecule has 2 N–H and O–H groups in total. The van der Waals surface area contributed by atoms with Crippen LogP contribution in [0.15, 0.2) is 29.2 Å². The average molecular weight is 369 g/mol. The van der Waals surface area contributed by atoms with Crippen LogP contribution in [0.1, 0.15) is 37.0 Å². The number of carbonyl (C=O) groups is 2. The highest BCUT2D eigenvalue weighted by Crippen LogP contribution is 2.16. The number of benzene rings is 1. The Balaban J connectivity index is 2.65. The molecular weight excluding hydrogens is 342 g/mol. The Kier molecular flexibility index (Phi) is 7.72. The molecule has 0 radical (unpaired) electrons. The lowest BCUT2D eigenvalue weighted by molar-refractivity contribution is -0.131. The first kappa shape index (κ1) is 21.3. The molecule has 8 heteroatoms. The maximum absolute atomic E-state index is 12.5. The molecule has 1 atom stereocenters. The number of amides is 1. The molecule has 0 heterocycles. The van der Waals surface area contributed by atoms with Crippen molar-refractivity contribution in [3.63, 3.8) is 0 Å². The Morgan fingerprint density at radius 3 is 2.20 bits per heavy atom. The van der Waals surface area contributed by atoms with E-state index in [4.69, 9.17) is 5.73 Å². The summed E-state index contributed by atoms with van der Waals surface area (Å²) in [5.74, 6) is -0.179. The van der Waals surface area contributed by atoms with Gasteiger partial charge in [0, 0.05) is 45.2 Å². The van der Waals surface area contributed by atoms with Crippen LogP contribution in [0.2, 0.25) is 0 Å². The zero-order valence-electron chi connectivity index (χ0n) is 15.2. The predicted octanol–water partition coefficient (Wildman–Crippen LogP) is 1.10. The molecule has 0 aromatic heterocycles. The van der Waals surface area contributed by atoms with Gasteiger partial charge >= 0.3 is 0 Å². The molecule has 0 fully saturated rings. The summed E-state index contributed by atoms with van der Waals surface area (Å²) >= 11 is 0. The highest BCUT2D eigenvalue weighted by Gasteiger charge is 2.21. The van der Waals surface area contributed by atoms with Crippen LogP contribution in [0, 0.1) is 0 Å². The fourth-order valence-corrected chi connectivity index (χ4v) is 3.40. The van der Waals surface area contributed by atoms with Crippen LogP contribution in [0.3, 0.4) is 0 Å². The minimum Gasteiger partial charge on any atom is -0.342 e. The zero-order chi connectivity index (χ0) is 19.2. The van der Waals surface area contributed by atoms with Gasteiger partial charge in [-0.3, -0.25) is 9.59 Å². The molecule has 1 unspecified atom stereocenters. The third-order valence-electron chi connectivity index (χ3n) is 4.23. The lowest BCUT2D eigenvalue weighted by Gasteiger charge is -2.24. The van der Waals surface area contributed by atoms with Crippen molar-refractivity contribution in [3.05, 3.63) is 29.8 Å². The van der Waals surface area contributed by atoms with E-state index >= 15 is 0 Å². The molecule has 0 spiro atoms. The lowest BCUT2D eigenvalue weighted by atomic mass is 10.2. The third-order valence-corrected chi connectivity index (χ3v) is 6.10. The maximum atomic E-state index is 12.5. The number of sulfonamides is 1. The Bertz CT molecular complexity index is 701. The summed E-state index contributed by atoms with van der Waals surface area (Å²) in [5, 5.41) is 0. The number of ketones is 1. The van der Waals surface area contributed by atoms with Gasteiger partial charge in [0.1, 0.15) is 0 Å². The number of Topliss-reactive ketones (excluding diaryl/α,β-unsaturated/α-hetero) is 1. The van der Waals surface area contributed by atoms with Crippen molar-refractivity contribution in [2.45, 2.75) is 37.6 Å². The Hall–Kier alpha value is -1.77. The van der Waals surface area contributed by atoms with Gasteiger partial charge in [0.15, 0.2) is 5.78 Å². The van der Waals surface area contributed by atoms with E-state index in [0.717, 1.165) is 0 Å². The van der Waals surface area contributed by atoms with Crippen LogP contribution in [0.4, 0.5) is 0 Å². The highest BCUT2D eigenvalue weighted by molar-refractivity contribution is 7.89. The molecule has 1 aromatic carbocycles. The van der Waals surface area contributed by atoms with Gasteiger partial charge in [-0.2, -0.15) is 0 Å². The van der Waals surface area contributed by atoms with Gasteiger partial charge in [0.25, 0.3) is 0 Å². The van der Waals surface area contributed by atoms with E-state index in [1.807, 2.05) is 6.92 Å². The van der Waals surface area contributed by atoms with Crippen molar-refractivity contribution in [1.82, 2.24) is 9.21 Å². The van der Waals surface area contributed by atoms with E-state index in [-0.39, 0.29) is 35.6 Å². The monoisotopic (exact) mass is 369 g/mol. The maximum Gasteiger partial charge on any atom is 0.242 e. The minimum atomic E-state index is -3.64. The van der Waals surface area contributed by atoms with Crippen LogP contribution < -0.4 is 5.73 Å². The second-order valence-corrected chi connectivity index (χ2v) is 8.14. The second-order valence-electron chi connectivity index (χ2n) is 6.10. The Morgan fingerprint density at radius 1 is 1.16 bits per heavy atom. The molecular formula is C17H27N3O4S. The second kappa shape index (κ2) is 9.07. The van der Waals surface area contributed by atoms with E-state index < -0.39 is 10.0 Å². The summed E-state index contributed by atoms with van der Waals surface area (Å²) in [4.78, 5) is 25.0. The van der Waals surface area contributed by atoms with Crippen LogP contribution >= 0.6 is 0 Å². The molecule has 140 valence electrons. The topological polar surface area (TPSA) is 101 Å². The van der Waals surface area contributed by atoms with Crippen molar-refractivity contribution in [2.24, 2.45) is 5.73 Å². The first-order chi connectivity index (χ1) is 11.6. The Labute approximate surface area is 149 Å². The lowest BCUT2D eigenvalue weighted by Crippen LogP contribution is -2.40. The van der Waals surface area contributed by atoms with Crippen LogP contribution in [0.25, 0.3) is 0 Å². The number of rotatable bonds is 9. The van der Waals surface area contributed by atoms with Crippen LogP contribution in [-0.4, -0.2) is 62.5 Å². The van der Waals surface area contributed by atoms with Gasteiger partial charge < -0.3 is 10.6 Å². The van der Waals surface area contributed by atoms with E-state index in [0.29, 0.717) is 18.5 Å². The molecule has 1 amide bonds. The summed E-state index contributed by atoms with van der Waals surface area (Å²) in [6.07, 6.45) is 0.672. The molecule has 0 saturated carbocycles. The van der Waals surface area contributed by atoms with E-state index in [1.54, 1.807) is 11.9 Å². The number of hydrogen-bond acceptors (Lipinski definition) is 5. The fraction of sp³-hybridized carbons (Fsp3) is 0.529. The number of nitrogens with two attached hydrogens (primary N) is 1. The van der Waals surface area contributed by atoms with Crippen LogP contribution in [-0.2, 0) is 14.8 Å². The standard InChI is InChI=1S/C17H27N3O4S/c1-13(12-18)20(4)17(22)6-5-11-19(3)25(23,24)16-9-7-15(8-10-16)14(2)21/h7-10,13H,5-6,11-12,18H2,1-4H3. The van der Waals surface area contributed by atoms with Crippen molar-refractivity contribution >= 4 is 21.7 Å². The smallest absolute Gasteiger partial charge is 0.242 e. The van der Waals surface area contributed by atoms with Crippen molar-refractivity contribution in [1.29, 1.82) is 0 Å². The quantitative estimate of drug-likeness (QED) is 0.657. The van der Waals surface area contributed by atoms with Gasteiger partial charge in [0.05, 0.1) is 4.90 Å². The molecule has 0 aliphatic heterocycles. The van der Waals surface area contributed by atoms with Gasteiger partial charge in [0.2, 0.25) is 15.9 Å². The molecule has 0 aliphatic carbocycles. The summed E-state index contributed by atoms with van der Waals surface area (Å²) in [5.41, 5.74) is 6.00. The van der Waals surface area contributed by atoms with E-state index in [9.17, 15) is 18.0 Å². The Morgan fingerprint density at radius 2 is 1.72 bits per heavy atom. The summed E-state index contributed by atoms with van der Waals surface area (Å²) in [6.45, 7) is 3.90. The van der Waals surface area contributed by atoms with Crippen molar-refractivity contribution < 1.29 is 18.0 Å². The average Bonchev–Trinajstić information content (AvgIpc) is 2.59. The number of likely N-dealkylation sites (N-methyl/N-ethyl adjacent to an activating group) is 1. The molecule has 1 rings (SSSR count). The summed E-state index contributed by atoms with van der Waals surface area (Å²) in [7, 11) is -0.475. The number of carbonyl (C=O) groups excluding carboxylic acids is 2. The highest BCUT2D eigenvalue weighted by atomic mass is 32.2. The number of hydrogen-bond donors (Lipinski definition) is 1. The SMILES string of the molecule is CC(=O)c1ccc(S(=O)(=O)N(C)CCCC(=O)N(C)C(C)CN)cc1. The van der Waals surface area contributed by atoms with E-state index in [2.05, 4.69) is 0 Å². The molecule has 1 aromatic rings. The molecule has 0 saturated heterocycles. The van der Waals surface area contributed by atoms with Gasteiger partial charge in [-0.25, -0.2) is 12.7 Å². The van der Waals surface area contributed by atoms with Gasteiger partial charge in [-0.1, -0.05) is 12.1 Å². The summed E-state index contributed by atoms with van der Waals surface area (Å²) in [6, 6.07) is 5.79. The predicted molar refractivity (Wildman–Crippen MR) is 96.8 cm³/mol.